The highest BCUT2D eigenvalue weighted by Gasteiger charge is 2.47. The first-order valence-electron chi connectivity index (χ1n) is 7.15. The average Bonchev–Trinajstić information content (AvgIpc) is 3.22. The Morgan fingerprint density at radius 3 is 2.19 bits per heavy atom. The number of nitriles is 1. The van der Waals surface area contributed by atoms with Crippen LogP contribution in [-0.2, 0) is 14.9 Å². The summed E-state index contributed by atoms with van der Waals surface area (Å²) in [4.78, 5) is 1.19. The van der Waals surface area contributed by atoms with E-state index >= 15 is 0 Å². The molecule has 2 N–H and O–H groups in total. The molecule has 0 aromatic carbocycles. The topological polar surface area (TPSA) is 82.7 Å². The van der Waals surface area contributed by atoms with Gasteiger partial charge < -0.3 is 19.7 Å². The van der Waals surface area contributed by atoms with Crippen LogP contribution in [0, 0.1) is 11.3 Å². The molecular formula is C15H21NO4S. The first-order chi connectivity index (χ1) is 10.2. The summed E-state index contributed by atoms with van der Waals surface area (Å²) < 4.78 is 11.4. The molecule has 1 aliphatic carbocycles. The Bertz CT molecular complexity index is 451. The van der Waals surface area contributed by atoms with Crippen LogP contribution in [0.15, 0.2) is 17.5 Å². The van der Waals surface area contributed by atoms with E-state index < -0.39 is 0 Å². The lowest BCUT2D eigenvalue weighted by atomic mass is 9.72. The summed E-state index contributed by atoms with van der Waals surface area (Å²) in [6.45, 7) is 1.14. The molecule has 1 aromatic rings. The van der Waals surface area contributed by atoms with E-state index in [4.69, 9.17) is 19.7 Å². The lowest BCUT2D eigenvalue weighted by Gasteiger charge is -2.39. The molecule has 0 unspecified atom stereocenters. The van der Waals surface area contributed by atoms with Gasteiger partial charge in [0.1, 0.15) is 0 Å². The summed E-state index contributed by atoms with van der Waals surface area (Å²) in [6.07, 6.45) is 3.34. The molecule has 6 heteroatoms. The van der Waals surface area contributed by atoms with Crippen LogP contribution in [0.3, 0.4) is 0 Å². The Morgan fingerprint density at radius 2 is 1.76 bits per heavy atom. The van der Waals surface area contributed by atoms with E-state index in [9.17, 15) is 5.26 Å². The van der Waals surface area contributed by atoms with Crippen molar-refractivity contribution < 1.29 is 19.7 Å². The summed E-state index contributed by atoms with van der Waals surface area (Å²) >= 11 is 1.68. The normalized spacial score (nSPS) is 22.3. The van der Waals surface area contributed by atoms with E-state index in [2.05, 4.69) is 12.1 Å². The Hall–Kier alpha value is -0.970. The monoisotopic (exact) mass is 311 g/mol. The van der Waals surface area contributed by atoms with Gasteiger partial charge in [0.2, 0.25) is 0 Å². The highest BCUT2D eigenvalue weighted by Crippen LogP contribution is 2.47. The third kappa shape index (κ3) is 3.62. The lowest BCUT2D eigenvalue weighted by molar-refractivity contribution is -0.182. The molecule has 1 saturated carbocycles. The van der Waals surface area contributed by atoms with Crippen molar-refractivity contribution in [3.05, 3.63) is 22.4 Å². The smallest absolute Gasteiger partial charge is 0.168 e. The summed E-state index contributed by atoms with van der Waals surface area (Å²) in [5, 5.41) is 26.8. The number of nitrogens with zero attached hydrogens (tertiary/aromatic N) is 1. The Kier molecular flexibility index (Phi) is 5.73. The van der Waals surface area contributed by atoms with E-state index in [1.165, 1.54) is 4.88 Å². The van der Waals surface area contributed by atoms with Gasteiger partial charge in [-0.3, -0.25) is 0 Å². The number of thiophene rings is 1. The minimum atomic E-state index is -0.377. The number of hydrogen-bond acceptors (Lipinski definition) is 6. The highest BCUT2D eigenvalue weighted by molar-refractivity contribution is 7.10. The van der Waals surface area contributed by atoms with Crippen LogP contribution >= 0.6 is 11.3 Å². The fraction of sp³-hybridized carbons (Fsp3) is 0.667. The molecule has 1 aromatic heterocycles. The molecule has 0 amide bonds. The van der Waals surface area contributed by atoms with Crippen molar-refractivity contribution in [1.82, 2.24) is 0 Å². The van der Waals surface area contributed by atoms with Gasteiger partial charge in [0.15, 0.2) is 5.79 Å². The Labute approximate surface area is 128 Å². The fourth-order valence-electron chi connectivity index (χ4n) is 2.81. The minimum absolute atomic E-state index is 0.125. The van der Waals surface area contributed by atoms with Crippen molar-refractivity contribution in [2.75, 3.05) is 26.4 Å². The molecular weight excluding hydrogens is 290 g/mol. The molecule has 5 nitrogen and oxygen atoms in total. The van der Waals surface area contributed by atoms with Gasteiger partial charge in [-0.1, -0.05) is 6.07 Å². The standard InChI is InChI=1S/C13H15NO2S.C2H6O2/c14-10-12(11-2-1-9-17-11)3-5-13(6-4-12)15-7-8-16-13;3-1-2-4/h1-2,9H,3-8H2;3-4H,1-2H2. The largest absolute Gasteiger partial charge is 0.394 e. The predicted molar refractivity (Wildman–Crippen MR) is 78.9 cm³/mol. The van der Waals surface area contributed by atoms with Gasteiger partial charge >= 0.3 is 0 Å². The molecule has 2 fully saturated rings. The summed E-state index contributed by atoms with van der Waals surface area (Å²) in [7, 11) is 0. The minimum Gasteiger partial charge on any atom is -0.394 e. The zero-order valence-corrected chi connectivity index (χ0v) is 12.8. The van der Waals surface area contributed by atoms with Crippen LogP contribution in [0.25, 0.3) is 0 Å². The van der Waals surface area contributed by atoms with Gasteiger partial charge in [-0.25, -0.2) is 0 Å². The lowest BCUT2D eigenvalue weighted by Crippen LogP contribution is -2.41. The molecule has 116 valence electrons. The van der Waals surface area contributed by atoms with Crippen molar-refractivity contribution >= 4 is 11.3 Å². The third-order valence-electron chi connectivity index (χ3n) is 3.99. The Balaban J connectivity index is 0.000000361. The second-order valence-electron chi connectivity index (χ2n) is 5.23. The van der Waals surface area contributed by atoms with E-state index in [-0.39, 0.29) is 24.4 Å². The van der Waals surface area contributed by atoms with Crippen molar-refractivity contribution in [3.8, 4) is 6.07 Å². The first-order valence-corrected chi connectivity index (χ1v) is 8.03. The van der Waals surface area contributed by atoms with Crippen LogP contribution in [0.4, 0.5) is 0 Å². The van der Waals surface area contributed by atoms with E-state index in [0.29, 0.717) is 13.2 Å². The Morgan fingerprint density at radius 1 is 1.14 bits per heavy atom. The van der Waals surface area contributed by atoms with Crippen molar-refractivity contribution in [2.45, 2.75) is 36.9 Å². The number of hydrogen-bond donors (Lipinski definition) is 2. The van der Waals surface area contributed by atoms with E-state index in [1.807, 2.05) is 11.4 Å². The van der Waals surface area contributed by atoms with Crippen LogP contribution in [0.2, 0.25) is 0 Å². The molecule has 1 spiro atoms. The van der Waals surface area contributed by atoms with Gasteiger partial charge in [0, 0.05) is 17.7 Å². The zero-order valence-electron chi connectivity index (χ0n) is 12.0. The second-order valence-corrected chi connectivity index (χ2v) is 6.17. The third-order valence-corrected chi connectivity index (χ3v) is 5.06. The quantitative estimate of drug-likeness (QED) is 0.870. The first kappa shape index (κ1) is 16.4. The molecule has 2 aliphatic rings. The number of aliphatic hydroxyl groups excluding tert-OH is 2. The molecule has 1 saturated heterocycles. The summed E-state index contributed by atoms with van der Waals surface area (Å²) in [5.41, 5.74) is -0.311. The van der Waals surface area contributed by atoms with Crippen molar-refractivity contribution in [1.29, 1.82) is 5.26 Å². The highest BCUT2D eigenvalue weighted by atomic mass is 32.1. The van der Waals surface area contributed by atoms with Gasteiger partial charge in [-0.05, 0) is 24.3 Å². The average molecular weight is 311 g/mol. The van der Waals surface area contributed by atoms with Gasteiger partial charge in [-0.2, -0.15) is 5.26 Å². The maximum absolute atomic E-state index is 9.52. The molecule has 3 rings (SSSR count). The van der Waals surface area contributed by atoms with Crippen LogP contribution < -0.4 is 0 Å². The molecule has 0 radical (unpaired) electrons. The SMILES string of the molecule is N#CC1(c2cccs2)CCC2(CC1)OCCO2.OCCO. The zero-order chi connectivity index (χ0) is 15.2. The number of rotatable bonds is 2. The van der Waals surface area contributed by atoms with Gasteiger partial charge in [-0.15, -0.1) is 11.3 Å². The maximum atomic E-state index is 9.52. The number of aliphatic hydroxyl groups is 2. The van der Waals surface area contributed by atoms with E-state index in [1.54, 1.807) is 11.3 Å². The molecule has 0 bridgehead atoms. The summed E-state index contributed by atoms with van der Waals surface area (Å²) in [6, 6.07) is 6.62. The van der Waals surface area contributed by atoms with Crippen LogP contribution in [0.5, 0.6) is 0 Å². The fourth-order valence-corrected chi connectivity index (χ4v) is 3.74. The predicted octanol–water partition coefficient (Wildman–Crippen LogP) is 1.80. The maximum Gasteiger partial charge on any atom is 0.168 e. The molecule has 0 atom stereocenters. The molecule has 21 heavy (non-hydrogen) atoms. The van der Waals surface area contributed by atoms with Crippen LogP contribution in [-0.4, -0.2) is 42.4 Å². The van der Waals surface area contributed by atoms with Gasteiger partial charge in [0.05, 0.1) is 37.9 Å². The number of ether oxygens (including phenoxy) is 2. The molecule has 2 heterocycles. The van der Waals surface area contributed by atoms with Crippen molar-refractivity contribution in [3.63, 3.8) is 0 Å². The summed E-state index contributed by atoms with van der Waals surface area (Å²) in [5.74, 6) is -0.377. The second kappa shape index (κ2) is 7.34. The molecule has 1 aliphatic heterocycles. The van der Waals surface area contributed by atoms with Gasteiger partial charge in [0.25, 0.3) is 0 Å². The van der Waals surface area contributed by atoms with Crippen molar-refractivity contribution in [2.24, 2.45) is 0 Å². The van der Waals surface area contributed by atoms with Crippen LogP contribution in [0.1, 0.15) is 30.6 Å². The van der Waals surface area contributed by atoms with E-state index in [0.717, 1.165) is 25.7 Å².